The minimum atomic E-state index is -0.952. The number of hydrogen-bond donors (Lipinski definition) is 3. The van der Waals surface area contributed by atoms with Crippen LogP contribution in [0.1, 0.15) is 18.0 Å². The van der Waals surface area contributed by atoms with E-state index in [-0.39, 0.29) is 11.5 Å². The second-order valence-electron chi connectivity index (χ2n) is 4.97. The van der Waals surface area contributed by atoms with Gasteiger partial charge in [-0.25, -0.2) is 9.97 Å². The zero-order valence-electron chi connectivity index (χ0n) is 13.7. The number of nitrogens with zero attached hydrogens (tertiary/aromatic N) is 2. The average Bonchev–Trinajstić information content (AvgIpc) is 2.61. The van der Waals surface area contributed by atoms with Gasteiger partial charge in [0.1, 0.15) is 17.9 Å². The summed E-state index contributed by atoms with van der Waals surface area (Å²) in [6.45, 7) is 0. The topological polar surface area (TPSA) is 106 Å². The molecule has 1 atom stereocenters. The molecule has 25 heavy (non-hydrogen) atoms. The SMILES string of the molecule is COc1cccc([C@@H](CC(=O)O)NC(=S)Nc2cc(OC)ncn2)c1. The fourth-order valence-corrected chi connectivity index (χ4v) is 2.36. The molecule has 2 aromatic rings. The molecule has 0 aliphatic carbocycles. The van der Waals surface area contributed by atoms with Crippen LogP contribution in [-0.4, -0.2) is 40.4 Å². The Kier molecular flexibility index (Phi) is 6.47. The maximum absolute atomic E-state index is 11.2. The number of benzene rings is 1. The Bertz CT molecular complexity index is 756. The highest BCUT2D eigenvalue weighted by molar-refractivity contribution is 7.80. The van der Waals surface area contributed by atoms with Crippen molar-refractivity contribution in [1.82, 2.24) is 15.3 Å². The summed E-state index contributed by atoms with van der Waals surface area (Å²) in [7, 11) is 3.04. The van der Waals surface area contributed by atoms with E-state index in [1.807, 2.05) is 0 Å². The number of nitrogens with one attached hydrogen (secondary N) is 2. The van der Waals surface area contributed by atoms with Gasteiger partial charge in [0.25, 0.3) is 0 Å². The first kappa shape index (κ1) is 18.4. The van der Waals surface area contributed by atoms with E-state index in [2.05, 4.69) is 20.6 Å². The Labute approximate surface area is 150 Å². The number of carboxylic acids is 1. The van der Waals surface area contributed by atoms with Crippen molar-refractivity contribution >= 4 is 29.1 Å². The van der Waals surface area contributed by atoms with Crippen molar-refractivity contribution in [2.24, 2.45) is 0 Å². The smallest absolute Gasteiger partial charge is 0.305 e. The van der Waals surface area contributed by atoms with Gasteiger partial charge < -0.3 is 25.2 Å². The molecule has 0 spiro atoms. The van der Waals surface area contributed by atoms with Gasteiger partial charge in [-0.1, -0.05) is 12.1 Å². The molecule has 132 valence electrons. The van der Waals surface area contributed by atoms with Gasteiger partial charge in [0.15, 0.2) is 5.11 Å². The van der Waals surface area contributed by atoms with Crippen LogP contribution in [0.3, 0.4) is 0 Å². The van der Waals surface area contributed by atoms with Crippen molar-refractivity contribution in [2.45, 2.75) is 12.5 Å². The molecule has 0 aliphatic rings. The molecule has 0 saturated heterocycles. The highest BCUT2D eigenvalue weighted by Crippen LogP contribution is 2.22. The molecule has 0 saturated carbocycles. The minimum Gasteiger partial charge on any atom is -0.497 e. The zero-order chi connectivity index (χ0) is 18.2. The standard InChI is InChI=1S/C16H18N4O4S/c1-23-11-5-3-4-10(6-11)12(7-15(21)22)19-16(25)20-13-8-14(24-2)18-9-17-13/h3-6,8-9,12H,7H2,1-2H3,(H,21,22)(H2,17,18,19,20,25)/t12-/m1/s1. The number of hydrogen-bond acceptors (Lipinski definition) is 6. The molecular weight excluding hydrogens is 344 g/mol. The fourth-order valence-electron chi connectivity index (χ4n) is 2.12. The molecule has 0 aliphatic heterocycles. The summed E-state index contributed by atoms with van der Waals surface area (Å²) in [4.78, 5) is 19.1. The van der Waals surface area contributed by atoms with Crippen LogP contribution in [0.15, 0.2) is 36.7 Å². The molecule has 0 amide bonds. The molecule has 3 N–H and O–H groups in total. The van der Waals surface area contributed by atoms with Gasteiger partial charge >= 0.3 is 5.97 Å². The first-order valence-corrected chi connectivity index (χ1v) is 7.72. The lowest BCUT2D eigenvalue weighted by molar-refractivity contribution is -0.137. The third kappa shape index (κ3) is 5.57. The predicted octanol–water partition coefficient (Wildman–Crippen LogP) is 2.00. The molecule has 1 aromatic carbocycles. The Morgan fingerprint density at radius 2 is 2.08 bits per heavy atom. The van der Waals surface area contributed by atoms with Crippen LogP contribution >= 0.6 is 12.2 Å². The third-order valence-corrected chi connectivity index (χ3v) is 3.49. The molecular formula is C16H18N4O4S. The Hall–Kier alpha value is -2.94. The van der Waals surface area contributed by atoms with Crippen molar-refractivity contribution in [3.8, 4) is 11.6 Å². The van der Waals surface area contributed by atoms with Crippen LogP contribution in [0.25, 0.3) is 0 Å². The van der Waals surface area contributed by atoms with Gasteiger partial charge in [-0.15, -0.1) is 0 Å². The van der Waals surface area contributed by atoms with Gasteiger partial charge in [0.2, 0.25) is 5.88 Å². The molecule has 0 fully saturated rings. The summed E-state index contributed by atoms with van der Waals surface area (Å²) < 4.78 is 10.2. The van der Waals surface area contributed by atoms with Crippen molar-refractivity contribution in [1.29, 1.82) is 0 Å². The first-order chi connectivity index (χ1) is 12.0. The number of carboxylic acid groups (broad SMARTS) is 1. The van der Waals surface area contributed by atoms with Crippen LogP contribution < -0.4 is 20.1 Å². The second kappa shape index (κ2) is 8.78. The number of rotatable bonds is 7. The van der Waals surface area contributed by atoms with Crippen molar-refractivity contribution in [3.05, 3.63) is 42.2 Å². The minimum absolute atomic E-state index is 0.151. The van der Waals surface area contributed by atoms with Gasteiger partial charge in [0.05, 0.1) is 26.7 Å². The highest BCUT2D eigenvalue weighted by Gasteiger charge is 2.17. The number of aromatic nitrogens is 2. The summed E-state index contributed by atoms with van der Waals surface area (Å²) in [5.41, 5.74) is 0.742. The van der Waals surface area contributed by atoms with Crippen molar-refractivity contribution in [2.75, 3.05) is 19.5 Å². The van der Waals surface area contributed by atoms with E-state index in [1.54, 1.807) is 37.4 Å². The summed E-state index contributed by atoms with van der Waals surface area (Å²) in [5, 5.41) is 15.3. The summed E-state index contributed by atoms with van der Waals surface area (Å²) in [6.07, 6.45) is 1.18. The van der Waals surface area contributed by atoms with Crippen LogP contribution in [0, 0.1) is 0 Å². The number of carbonyl (C=O) groups is 1. The first-order valence-electron chi connectivity index (χ1n) is 7.31. The lowest BCUT2D eigenvalue weighted by atomic mass is 10.0. The highest BCUT2D eigenvalue weighted by atomic mass is 32.1. The van der Waals surface area contributed by atoms with Gasteiger partial charge in [-0.3, -0.25) is 4.79 Å². The molecule has 0 radical (unpaired) electrons. The lowest BCUT2D eigenvalue weighted by Gasteiger charge is -2.20. The maximum atomic E-state index is 11.2. The van der Waals surface area contributed by atoms with Crippen LogP contribution in [-0.2, 0) is 4.79 Å². The second-order valence-corrected chi connectivity index (χ2v) is 5.38. The molecule has 2 rings (SSSR count). The van der Waals surface area contributed by atoms with E-state index in [9.17, 15) is 9.90 Å². The van der Waals surface area contributed by atoms with E-state index < -0.39 is 12.0 Å². The number of ether oxygens (including phenoxy) is 2. The van der Waals surface area contributed by atoms with Gasteiger partial charge in [-0.2, -0.15) is 0 Å². The monoisotopic (exact) mass is 362 g/mol. The lowest BCUT2D eigenvalue weighted by Crippen LogP contribution is -2.33. The van der Waals surface area contributed by atoms with Crippen molar-refractivity contribution in [3.63, 3.8) is 0 Å². The molecule has 0 unspecified atom stereocenters. The Balaban J connectivity index is 2.12. The van der Waals surface area contributed by atoms with E-state index in [1.165, 1.54) is 13.4 Å². The quantitative estimate of drug-likeness (QED) is 0.638. The summed E-state index contributed by atoms with van der Waals surface area (Å²) >= 11 is 5.26. The Morgan fingerprint density at radius 1 is 1.28 bits per heavy atom. The number of methoxy groups -OCH3 is 2. The molecule has 9 heteroatoms. The maximum Gasteiger partial charge on any atom is 0.305 e. The predicted molar refractivity (Wildman–Crippen MR) is 95.9 cm³/mol. The molecule has 8 nitrogen and oxygen atoms in total. The normalized spacial score (nSPS) is 11.3. The van der Waals surface area contributed by atoms with Crippen LogP contribution in [0.5, 0.6) is 11.6 Å². The van der Waals surface area contributed by atoms with Gasteiger partial charge in [0, 0.05) is 6.07 Å². The number of thiocarbonyl (C=S) groups is 1. The van der Waals surface area contributed by atoms with Crippen LogP contribution in [0.4, 0.5) is 5.82 Å². The van der Waals surface area contributed by atoms with E-state index in [4.69, 9.17) is 21.7 Å². The molecule has 1 heterocycles. The van der Waals surface area contributed by atoms with E-state index in [0.717, 1.165) is 5.56 Å². The summed E-state index contributed by atoms with van der Waals surface area (Å²) in [5.74, 6) is 0.500. The largest absolute Gasteiger partial charge is 0.497 e. The van der Waals surface area contributed by atoms with Crippen LogP contribution in [0.2, 0.25) is 0 Å². The third-order valence-electron chi connectivity index (χ3n) is 3.27. The number of anilines is 1. The average molecular weight is 362 g/mol. The fraction of sp³-hybridized carbons (Fsp3) is 0.250. The van der Waals surface area contributed by atoms with E-state index in [0.29, 0.717) is 17.4 Å². The number of aliphatic carboxylic acids is 1. The Morgan fingerprint density at radius 3 is 2.76 bits per heavy atom. The molecule has 0 bridgehead atoms. The molecule has 1 aromatic heterocycles. The van der Waals surface area contributed by atoms with E-state index >= 15 is 0 Å². The van der Waals surface area contributed by atoms with Gasteiger partial charge in [-0.05, 0) is 29.9 Å². The zero-order valence-corrected chi connectivity index (χ0v) is 14.5. The summed E-state index contributed by atoms with van der Waals surface area (Å²) in [6, 6.07) is 8.18. The van der Waals surface area contributed by atoms with Crippen molar-refractivity contribution < 1.29 is 19.4 Å².